The molecule has 94 valence electrons. The van der Waals surface area contributed by atoms with Crippen molar-refractivity contribution in [3.8, 4) is 11.1 Å². The summed E-state index contributed by atoms with van der Waals surface area (Å²) in [4.78, 5) is 0. The lowest BCUT2D eigenvalue weighted by Gasteiger charge is -2.12. The molecule has 0 aliphatic heterocycles. The third-order valence-corrected chi connectivity index (χ3v) is 3.68. The molecule has 2 aromatic carbocycles. The molecule has 0 saturated heterocycles. The molecule has 2 aromatic rings. The predicted octanol–water partition coefficient (Wildman–Crippen LogP) is 5.04. The molecule has 2 rings (SSSR count). The molecule has 0 fully saturated rings. The van der Waals surface area contributed by atoms with E-state index in [-0.39, 0.29) is 0 Å². The highest BCUT2D eigenvalue weighted by molar-refractivity contribution is 5.68. The minimum absolute atomic E-state index is 1.09. The second kappa shape index (κ2) is 5.86. The van der Waals surface area contributed by atoms with Gasteiger partial charge in [0.15, 0.2) is 0 Å². The van der Waals surface area contributed by atoms with Crippen molar-refractivity contribution in [2.45, 2.75) is 40.0 Å². The average Bonchev–Trinajstić information content (AvgIpc) is 2.46. The molecule has 0 bridgehead atoms. The van der Waals surface area contributed by atoms with Crippen LogP contribution in [0, 0.1) is 0 Å². The Morgan fingerprint density at radius 2 is 1.33 bits per heavy atom. The Morgan fingerprint density at radius 1 is 0.667 bits per heavy atom. The van der Waals surface area contributed by atoms with Crippen molar-refractivity contribution in [3.05, 3.63) is 59.2 Å². The van der Waals surface area contributed by atoms with E-state index in [1.54, 1.807) is 0 Å². The monoisotopic (exact) mass is 238 g/mol. The van der Waals surface area contributed by atoms with E-state index in [9.17, 15) is 0 Å². The number of hydrogen-bond acceptors (Lipinski definition) is 0. The lowest BCUT2D eigenvalue weighted by molar-refractivity contribution is 1.04. The van der Waals surface area contributed by atoms with Gasteiger partial charge in [-0.15, -0.1) is 0 Å². The number of rotatable bonds is 4. The molecule has 0 heteroatoms. The summed E-state index contributed by atoms with van der Waals surface area (Å²) in [5.74, 6) is 0. The van der Waals surface area contributed by atoms with Crippen molar-refractivity contribution in [2.75, 3.05) is 0 Å². The molecule has 0 amide bonds. The van der Waals surface area contributed by atoms with Crippen LogP contribution in [0.5, 0.6) is 0 Å². The Balaban J connectivity index is 2.51. The number of benzene rings is 2. The first kappa shape index (κ1) is 12.9. The molecule has 0 saturated carbocycles. The summed E-state index contributed by atoms with van der Waals surface area (Å²) in [5.41, 5.74) is 7.15. The van der Waals surface area contributed by atoms with Gasteiger partial charge in [0.2, 0.25) is 0 Å². The van der Waals surface area contributed by atoms with Crippen molar-refractivity contribution in [1.29, 1.82) is 0 Å². The summed E-state index contributed by atoms with van der Waals surface area (Å²) >= 11 is 0. The molecular formula is C18H22. The van der Waals surface area contributed by atoms with Crippen LogP contribution in [0.4, 0.5) is 0 Å². The first-order valence-corrected chi connectivity index (χ1v) is 7.00. The minimum atomic E-state index is 1.09. The number of hydrogen-bond donors (Lipinski definition) is 0. The lowest BCUT2D eigenvalue weighted by Crippen LogP contribution is -1.93. The molecule has 0 heterocycles. The Hall–Kier alpha value is -1.56. The van der Waals surface area contributed by atoms with Gasteiger partial charge in [-0.3, -0.25) is 0 Å². The van der Waals surface area contributed by atoms with Crippen LogP contribution in [0.25, 0.3) is 11.1 Å². The molecule has 0 N–H and O–H groups in total. The maximum Gasteiger partial charge on any atom is -0.0152 e. The zero-order valence-electron chi connectivity index (χ0n) is 11.7. The van der Waals surface area contributed by atoms with E-state index in [2.05, 4.69) is 63.2 Å². The van der Waals surface area contributed by atoms with E-state index >= 15 is 0 Å². The van der Waals surface area contributed by atoms with Gasteiger partial charge in [0.05, 0.1) is 0 Å². The Bertz CT molecular complexity index is 523. The van der Waals surface area contributed by atoms with Gasteiger partial charge in [0.1, 0.15) is 0 Å². The molecule has 18 heavy (non-hydrogen) atoms. The second-order valence-corrected chi connectivity index (χ2v) is 4.70. The first-order valence-electron chi connectivity index (χ1n) is 7.00. The van der Waals surface area contributed by atoms with Gasteiger partial charge in [-0.1, -0.05) is 63.2 Å². The predicted molar refractivity (Wildman–Crippen MR) is 80.0 cm³/mol. The molecule has 0 unspecified atom stereocenters. The van der Waals surface area contributed by atoms with Gasteiger partial charge in [0.25, 0.3) is 0 Å². The van der Waals surface area contributed by atoms with E-state index in [1.165, 1.54) is 27.8 Å². The third-order valence-electron chi connectivity index (χ3n) is 3.68. The van der Waals surface area contributed by atoms with Crippen LogP contribution in [0.3, 0.4) is 0 Å². The molecule has 0 aliphatic carbocycles. The average molecular weight is 238 g/mol. The van der Waals surface area contributed by atoms with Crippen molar-refractivity contribution in [3.63, 3.8) is 0 Å². The molecule has 0 aliphatic rings. The summed E-state index contributed by atoms with van der Waals surface area (Å²) in [6.45, 7) is 6.69. The van der Waals surface area contributed by atoms with Crippen LogP contribution in [-0.4, -0.2) is 0 Å². The third kappa shape index (κ3) is 2.48. The summed E-state index contributed by atoms with van der Waals surface area (Å²) in [5, 5.41) is 0. The van der Waals surface area contributed by atoms with Crippen LogP contribution in [0.15, 0.2) is 42.5 Å². The smallest absolute Gasteiger partial charge is 0.0152 e. The Kier molecular flexibility index (Phi) is 4.19. The summed E-state index contributed by atoms with van der Waals surface area (Å²) in [6, 6.07) is 15.7. The van der Waals surface area contributed by atoms with Crippen LogP contribution >= 0.6 is 0 Å². The van der Waals surface area contributed by atoms with Gasteiger partial charge in [-0.2, -0.15) is 0 Å². The van der Waals surface area contributed by atoms with Crippen LogP contribution in [-0.2, 0) is 19.3 Å². The van der Waals surface area contributed by atoms with Crippen molar-refractivity contribution in [2.24, 2.45) is 0 Å². The standard InChI is InChI=1S/C18H22/c1-4-14-11-12-17(13-16(14)6-3)18-10-8-7-9-15(18)5-2/h7-13H,4-6H2,1-3H3. The van der Waals surface area contributed by atoms with E-state index in [4.69, 9.17) is 0 Å². The van der Waals surface area contributed by atoms with Crippen molar-refractivity contribution in [1.82, 2.24) is 0 Å². The van der Waals surface area contributed by atoms with Crippen LogP contribution in [0.2, 0.25) is 0 Å². The normalized spacial score (nSPS) is 10.6. The summed E-state index contributed by atoms with van der Waals surface area (Å²) in [7, 11) is 0. The molecule has 0 radical (unpaired) electrons. The summed E-state index contributed by atoms with van der Waals surface area (Å²) in [6.07, 6.45) is 3.33. The zero-order chi connectivity index (χ0) is 13.0. The van der Waals surface area contributed by atoms with E-state index in [0.717, 1.165) is 19.3 Å². The second-order valence-electron chi connectivity index (χ2n) is 4.70. The van der Waals surface area contributed by atoms with Crippen LogP contribution < -0.4 is 0 Å². The fourth-order valence-corrected chi connectivity index (χ4v) is 2.58. The maximum absolute atomic E-state index is 2.37. The first-order chi connectivity index (χ1) is 8.80. The van der Waals surface area contributed by atoms with Gasteiger partial charge in [0, 0.05) is 0 Å². The van der Waals surface area contributed by atoms with E-state index in [0.29, 0.717) is 0 Å². The highest BCUT2D eigenvalue weighted by Crippen LogP contribution is 2.26. The largest absolute Gasteiger partial charge is 0.0620 e. The molecule has 0 spiro atoms. The molecule has 0 aromatic heterocycles. The summed E-state index contributed by atoms with van der Waals surface area (Å²) < 4.78 is 0. The SMILES string of the molecule is CCc1ccc(-c2ccccc2CC)cc1CC. The minimum Gasteiger partial charge on any atom is -0.0620 e. The van der Waals surface area contributed by atoms with Crippen LogP contribution in [0.1, 0.15) is 37.5 Å². The van der Waals surface area contributed by atoms with Gasteiger partial charge < -0.3 is 0 Å². The van der Waals surface area contributed by atoms with Crippen molar-refractivity contribution < 1.29 is 0 Å². The van der Waals surface area contributed by atoms with Gasteiger partial charge in [-0.05, 0) is 47.1 Å². The Labute approximate surface area is 111 Å². The molecule has 0 nitrogen and oxygen atoms in total. The zero-order valence-corrected chi connectivity index (χ0v) is 11.7. The Morgan fingerprint density at radius 3 is 2.00 bits per heavy atom. The quantitative estimate of drug-likeness (QED) is 0.700. The molecular weight excluding hydrogens is 216 g/mol. The fraction of sp³-hybridized carbons (Fsp3) is 0.333. The van der Waals surface area contributed by atoms with E-state index in [1.807, 2.05) is 0 Å². The fourth-order valence-electron chi connectivity index (χ4n) is 2.58. The highest BCUT2D eigenvalue weighted by Gasteiger charge is 2.05. The van der Waals surface area contributed by atoms with Crippen molar-refractivity contribution >= 4 is 0 Å². The molecule has 0 atom stereocenters. The van der Waals surface area contributed by atoms with Gasteiger partial charge in [-0.25, -0.2) is 0 Å². The van der Waals surface area contributed by atoms with Gasteiger partial charge >= 0.3 is 0 Å². The lowest BCUT2D eigenvalue weighted by atomic mass is 9.93. The highest BCUT2D eigenvalue weighted by atomic mass is 14.1. The number of aryl methyl sites for hydroxylation is 3. The van der Waals surface area contributed by atoms with E-state index < -0.39 is 0 Å². The topological polar surface area (TPSA) is 0 Å². The maximum atomic E-state index is 2.37.